The summed E-state index contributed by atoms with van der Waals surface area (Å²) in [5.74, 6) is 2.57. The monoisotopic (exact) mass is 382 g/mol. The fraction of sp³-hybridized carbons (Fsp3) is 0.0400. The van der Waals surface area contributed by atoms with Crippen molar-refractivity contribution in [3.63, 3.8) is 0 Å². The lowest BCUT2D eigenvalue weighted by atomic mass is 10.1. The summed E-state index contributed by atoms with van der Waals surface area (Å²) in [4.78, 5) is 0. The van der Waals surface area contributed by atoms with Gasteiger partial charge in [0.15, 0.2) is 0 Å². The van der Waals surface area contributed by atoms with Crippen LogP contribution in [-0.2, 0) is 0 Å². The molecule has 138 valence electrons. The molecule has 0 aliphatic rings. The molecule has 0 heterocycles. The molecule has 0 atom stereocenters. The summed E-state index contributed by atoms with van der Waals surface area (Å²) in [6.45, 7) is 0. The van der Waals surface area contributed by atoms with Crippen molar-refractivity contribution in [3.05, 3.63) is 109 Å². The molecule has 4 aromatic rings. The first-order chi connectivity index (χ1) is 13.8. The van der Waals surface area contributed by atoms with Crippen molar-refractivity contribution in [2.24, 2.45) is 0 Å². The van der Waals surface area contributed by atoms with Gasteiger partial charge in [-0.1, -0.05) is 97.1 Å². The van der Waals surface area contributed by atoms with E-state index < -0.39 is 0 Å². The molecule has 0 saturated heterocycles. The van der Waals surface area contributed by atoms with E-state index in [1.54, 1.807) is 12.1 Å². The largest absolute Gasteiger partial charge is 0.507 e. The molecular weight excluding hydrogens is 359 g/mol. The van der Waals surface area contributed by atoms with Crippen molar-refractivity contribution in [3.8, 4) is 33.8 Å². The first-order valence-corrected chi connectivity index (χ1v) is 10.2. The van der Waals surface area contributed by atoms with Crippen LogP contribution in [0, 0.1) is 0 Å². The molecule has 4 aromatic carbocycles. The summed E-state index contributed by atoms with van der Waals surface area (Å²) in [7, 11) is 0. The molecule has 0 bridgehead atoms. The lowest BCUT2D eigenvalue weighted by Gasteiger charge is -2.02. The fourth-order valence-electron chi connectivity index (χ4n) is 2.67. The van der Waals surface area contributed by atoms with Crippen molar-refractivity contribution >= 4 is 16.3 Å². The summed E-state index contributed by atoms with van der Waals surface area (Å²) in [5, 5.41) is 19.1. The third kappa shape index (κ3) is 6.03. The van der Waals surface area contributed by atoms with Gasteiger partial charge in [-0.3, -0.25) is 0 Å². The molecule has 0 saturated carbocycles. The number of phenols is 2. The van der Waals surface area contributed by atoms with Gasteiger partial charge in [0.2, 0.25) is 0 Å². The number of hydrogen-bond acceptors (Lipinski definition) is 2. The van der Waals surface area contributed by atoms with Crippen LogP contribution in [0.15, 0.2) is 109 Å². The Labute approximate surface area is 175 Å². The van der Waals surface area contributed by atoms with Crippen molar-refractivity contribution in [1.29, 1.82) is 0 Å². The van der Waals surface area contributed by atoms with E-state index in [9.17, 15) is 10.2 Å². The number of aromatic hydroxyl groups is 2. The summed E-state index contributed by atoms with van der Waals surface area (Å²) in [6.07, 6.45) is 0. The molecule has 2 nitrogen and oxygen atoms in total. The van der Waals surface area contributed by atoms with E-state index in [1.165, 1.54) is 0 Å². The van der Waals surface area contributed by atoms with Crippen molar-refractivity contribution in [1.82, 2.24) is 0 Å². The Kier molecular flexibility index (Phi) is 8.88. The SMILES string of the molecule is Oc1ccccc1-c1ccccc1.Oc1ccccc1-c1ccccc1.[CH3][Al]. The standard InChI is InChI=1S/2C12H10O.CH3.Al/c2*13-12-9-5-4-8-11(12)10-6-2-1-3-7-10;;/h2*1-9,13H;1H3;. The minimum Gasteiger partial charge on any atom is -0.507 e. The van der Waals surface area contributed by atoms with Crippen LogP contribution in [0.25, 0.3) is 22.3 Å². The van der Waals surface area contributed by atoms with Crippen molar-refractivity contribution < 1.29 is 10.2 Å². The topological polar surface area (TPSA) is 40.5 Å². The van der Waals surface area contributed by atoms with Gasteiger partial charge in [0.1, 0.15) is 27.8 Å². The average Bonchev–Trinajstić information content (AvgIpc) is 2.77. The number of hydrogen-bond donors (Lipinski definition) is 2. The predicted molar refractivity (Wildman–Crippen MR) is 119 cm³/mol. The predicted octanol–water partition coefficient (Wildman–Crippen LogP) is 6.32. The van der Waals surface area contributed by atoms with E-state index in [0.717, 1.165) is 22.3 Å². The molecule has 0 unspecified atom stereocenters. The third-order valence-electron chi connectivity index (χ3n) is 3.98. The van der Waals surface area contributed by atoms with E-state index >= 15 is 0 Å². The molecule has 28 heavy (non-hydrogen) atoms. The molecule has 0 aliphatic carbocycles. The normalized spacial score (nSPS) is 9.32. The summed E-state index contributed by atoms with van der Waals surface area (Å²) in [6, 6.07) is 34.4. The first kappa shape index (κ1) is 21.3. The second-order valence-corrected chi connectivity index (χ2v) is 5.77. The Bertz CT molecular complexity index is 873. The van der Waals surface area contributed by atoms with E-state index in [4.69, 9.17) is 0 Å². The van der Waals surface area contributed by atoms with Crippen LogP contribution in [0.4, 0.5) is 0 Å². The van der Waals surface area contributed by atoms with E-state index in [2.05, 4.69) is 16.3 Å². The van der Waals surface area contributed by atoms with Crippen LogP contribution in [0.1, 0.15) is 0 Å². The van der Waals surface area contributed by atoms with Crippen LogP contribution < -0.4 is 0 Å². The van der Waals surface area contributed by atoms with Gasteiger partial charge in [0.25, 0.3) is 0 Å². The molecule has 2 N–H and O–H groups in total. The highest BCUT2D eigenvalue weighted by atomic mass is 27.0. The lowest BCUT2D eigenvalue weighted by Crippen LogP contribution is -1.76. The zero-order valence-electron chi connectivity index (χ0n) is 15.9. The second kappa shape index (κ2) is 11.7. The highest BCUT2D eigenvalue weighted by Gasteiger charge is 2.01. The van der Waals surface area contributed by atoms with Crippen LogP contribution in [-0.4, -0.2) is 26.5 Å². The van der Waals surface area contributed by atoms with E-state index in [1.807, 2.05) is 103 Å². The van der Waals surface area contributed by atoms with Gasteiger partial charge in [-0.15, -0.1) is 5.79 Å². The first-order valence-electron chi connectivity index (χ1n) is 9.00. The lowest BCUT2D eigenvalue weighted by molar-refractivity contribution is 0.477. The molecule has 2 radical (unpaired) electrons. The van der Waals surface area contributed by atoms with Crippen LogP contribution >= 0.6 is 0 Å². The van der Waals surface area contributed by atoms with E-state index in [0.29, 0.717) is 11.5 Å². The maximum atomic E-state index is 9.56. The Morgan fingerprint density at radius 3 is 1.04 bits per heavy atom. The highest BCUT2D eigenvalue weighted by Crippen LogP contribution is 2.28. The van der Waals surface area contributed by atoms with Gasteiger partial charge in [-0.2, -0.15) is 0 Å². The molecular formula is C25H23AlO2. The van der Waals surface area contributed by atoms with Gasteiger partial charge in [0, 0.05) is 11.1 Å². The van der Waals surface area contributed by atoms with Gasteiger partial charge in [-0.05, 0) is 23.3 Å². The third-order valence-corrected chi connectivity index (χ3v) is 3.98. The van der Waals surface area contributed by atoms with E-state index in [-0.39, 0.29) is 0 Å². The zero-order valence-corrected chi connectivity index (χ0v) is 17.0. The van der Waals surface area contributed by atoms with Gasteiger partial charge >= 0.3 is 0 Å². The number of rotatable bonds is 2. The summed E-state index contributed by atoms with van der Waals surface area (Å²) >= 11 is 2.42. The highest BCUT2D eigenvalue weighted by molar-refractivity contribution is 6.05. The minimum absolute atomic E-state index is 0.328. The molecule has 0 aliphatic heterocycles. The maximum Gasteiger partial charge on any atom is 0.123 e. The average molecular weight is 382 g/mol. The Hall–Kier alpha value is -2.99. The van der Waals surface area contributed by atoms with Crippen molar-refractivity contribution in [2.45, 2.75) is 5.79 Å². The molecule has 4 rings (SSSR count). The summed E-state index contributed by atoms with van der Waals surface area (Å²) in [5.41, 5.74) is 3.84. The fourth-order valence-corrected chi connectivity index (χ4v) is 2.67. The Balaban J connectivity index is 0.000000184. The smallest absolute Gasteiger partial charge is 0.123 e. The number of benzene rings is 4. The van der Waals surface area contributed by atoms with Gasteiger partial charge in [-0.25, -0.2) is 0 Å². The molecule has 3 heteroatoms. The van der Waals surface area contributed by atoms with Crippen LogP contribution in [0.5, 0.6) is 11.5 Å². The minimum atomic E-state index is 0.328. The molecule has 0 spiro atoms. The summed E-state index contributed by atoms with van der Waals surface area (Å²) < 4.78 is 0. The van der Waals surface area contributed by atoms with Gasteiger partial charge in [0.05, 0.1) is 0 Å². The second-order valence-electron chi connectivity index (χ2n) is 5.77. The molecule has 0 fully saturated rings. The molecule has 0 aromatic heterocycles. The Morgan fingerprint density at radius 2 is 0.714 bits per heavy atom. The zero-order chi connectivity index (χ0) is 20.2. The molecule has 0 amide bonds. The van der Waals surface area contributed by atoms with Gasteiger partial charge < -0.3 is 10.2 Å². The number of para-hydroxylation sites is 2. The van der Waals surface area contributed by atoms with Crippen LogP contribution in [0.2, 0.25) is 5.79 Å². The Morgan fingerprint density at radius 1 is 0.429 bits per heavy atom. The number of phenolic OH excluding ortho intramolecular Hbond substituents is 2. The van der Waals surface area contributed by atoms with Crippen molar-refractivity contribution in [2.75, 3.05) is 0 Å². The maximum absolute atomic E-state index is 9.56. The quantitative estimate of drug-likeness (QED) is 0.398. The van der Waals surface area contributed by atoms with Crippen LogP contribution in [0.3, 0.4) is 0 Å².